The van der Waals surface area contributed by atoms with Crippen molar-refractivity contribution in [3.8, 4) is 0 Å². The summed E-state index contributed by atoms with van der Waals surface area (Å²) in [5.74, 6) is -0.557. The molecule has 0 radical (unpaired) electrons. The van der Waals surface area contributed by atoms with E-state index in [0.29, 0.717) is 5.69 Å². The molecule has 1 aromatic heterocycles. The normalized spacial score (nSPS) is 11.4. The summed E-state index contributed by atoms with van der Waals surface area (Å²) in [6.07, 6.45) is -3.03. The molecule has 1 aromatic carbocycles. The van der Waals surface area contributed by atoms with Gasteiger partial charge in [-0.05, 0) is 30.7 Å². The number of benzene rings is 1. The largest absolute Gasteiger partial charge is 0.416 e. The zero-order valence-corrected chi connectivity index (χ0v) is 10.5. The molecule has 0 saturated carbocycles. The third kappa shape index (κ3) is 2.93. The van der Waals surface area contributed by atoms with E-state index in [0.717, 1.165) is 6.07 Å². The van der Waals surface area contributed by atoms with Crippen LogP contribution in [-0.2, 0) is 6.18 Å². The Kier molecular flexibility index (Phi) is 3.44. The molecule has 0 fully saturated rings. The fourth-order valence-electron chi connectivity index (χ4n) is 1.75. The molecular formula is C13H12F3N3O. The van der Waals surface area contributed by atoms with Gasteiger partial charge in [-0.1, -0.05) is 6.07 Å². The summed E-state index contributed by atoms with van der Waals surface area (Å²) in [7, 11) is 0. The molecule has 0 saturated heterocycles. The molecule has 106 valence electrons. The van der Waals surface area contributed by atoms with Crippen molar-refractivity contribution in [1.29, 1.82) is 0 Å². The van der Waals surface area contributed by atoms with Crippen molar-refractivity contribution in [2.75, 3.05) is 11.1 Å². The number of aryl methyl sites for hydroxylation is 1. The number of alkyl halides is 3. The Hall–Kier alpha value is -2.44. The van der Waals surface area contributed by atoms with Gasteiger partial charge < -0.3 is 16.0 Å². The second-order valence-corrected chi connectivity index (χ2v) is 4.33. The lowest BCUT2D eigenvalue weighted by molar-refractivity contribution is -0.138. The first kappa shape index (κ1) is 14.0. The number of hydrogen-bond acceptors (Lipinski definition) is 2. The Morgan fingerprint density at radius 1 is 1.30 bits per heavy atom. The summed E-state index contributed by atoms with van der Waals surface area (Å²) in [6.45, 7) is 1.36. The number of hydrogen-bond donors (Lipinski definition) is 3. The van der Waals surface area contributed by atoms with Crippen molar-refractivity contribution in [3.63, 3.8) is 0 Å². The van der Waals surface area contributed by atoms with Crippen LogP contribution in [0.15, 0.2) is 30.5 Å². The Morgan fingerprint density at radius 2 is 2.00 bits per heavy atom. The van der Waals surface area contributed by atoms with Gasteiger partial charge in [0.05, 0.1) is 5.56 Å². The van der Waals surface area contributed by atoms with Crippen LogP contribution in [0, 0.1) is 6.92 Å². The van der Waals surface area contributed by atoms with E-state index in [-0.39, 0.29) is 16.9 Å². The third-order valence-corrected chi connectivity index (χ3v) is 2.75. The number of aromatic nitrogens is 1. The van der Waals surface area contributed by atoms with Crippen LogP contribution < -0.4 is 11.1 Å². The molecule has 1 amide bonds. The number of anilines is 2. The van der Waals surface area contributed by atoms with Gasteiger partial charge in [0.2, 0.25) is 0 Å². The highest BCUT2D eigenvalue weighted by Crippen LogP contribution is 2.33. The quantitative estimate of drug-likeness (QED) is 0.792. The van der Waals surface area contributed by atoms with E-state index in [2.05, 4.69) is 10.3 Å². The van der Waals surface area contributed by atoms with Crippen molar-refractivity contribution in [2.24, 2.45) is 0 Å². The SMILES string of the molecule is Cc1ccc(NC(=O)c2cc(N)c[nH]2)cc1C(F)(F)F. The lowest BCUT2D eigenvalue weighted by Gasteiger charge is -2.12. The number of halogens is 3. The van der Waals surface area contributed by atoms with E-state index >= 15 is 0 Å². The van der Waals surface area contributed by atoms with Crippen LogP contribution in [-0.4, -0.2) is 10.9 Å². The molecule has 0 aliphatic rings. The minimum Gasteiger partial charge on any atom is -0.397 e. The van der Waals surface area contributed by atoms with Gasteiger partial charge in [-0.15, -0.1) is 0 Å². The summed E-state index contributed by atoms with van der Waals surface area (Å²) in [5, 5.41) is 2.39. The van der Waals surface area contributed by atoms with Crippen molar-refractivity contribution in [1.82, 2.24) is 4.98 Å². The molecule has 0 spiro atoms. The van der Waals surface area contributed by atoms with Crippen molar-refractivity contribution in [2.45, 2.75) is 13.1 Å². The highest BCUT2D eigenvalue weighted by molar-refractivity contribution is 6.03. The first-order valence-corrected chi connectivity index (χ1v) is 5.70. The third-order valence-electron chi connectivity index (χ3n) is 2.75. The number of nitrogen functional groups attached to an aromatic ring is 1. The average Bonchev–Trinajstić information content (AvgIpc) is 2.77. The first-order chi connectivity index (χ1) is 9.27. The van der Waals surface area contributed by atoms with E-state index < -0.39 is 17.6 Å². The zero-order chi connectivity index (χ0) is 14.9. The highest BCUT2D eigenvalue weighted by atomic mass is 19.4. The summed E-state index contributed by atoms with van der Waals surface area (Å²) < 4.78 is 38.3. The molecule has 0 bridgehead atoms. The zero-order valence-electron chi connectivity index (χ0n) is 10.5. The number of H-pyrrole nitrogens is 1. The van der Waals surface area contributed by atoms with Crippen LogP contribution in [0.3, 0.4) is 0 Å². The number of carbonyl (C=O) groups is 1. The summed E-state index contributed by atoms with van der Waals surface area (Å²) in [5.41, 5.74) is 5.39. The fourth-order valence-corrected chi connectivity index (χ4v) is 1.75. The molecule has 7 heteroatoms. The molecule has 2 rings (SSSR count). The number of rotatable bonds is 2. The molecule has 4 N–H and O–H groups in total. The molecule has 0 aliphatic carbocycles. The minimum atomic E-state index is -4.46. The van der Waals surface area contributed by atoms with Crippen molar-refractivity contribution in [3.05, 3.63) is 47.3 Å². The lowest BCUT2D eigenvalue weighted by atomic mass is 10.1. The maximum Gasteiger partial charge on any atom is 0.416 e. The topological polar surface area (TPSA) is 70.9 Å². The lowest BCUT2D eigenvalue weighted by Crippen LogP contribution is -2.14. The number of carbonyl (C=O) groups excluding carboxylic acids is 1. The van der Waals surface area contributed by atoms with Crippen LogP contribution in [0.1, 0.15) is 21.6 Å². The molecule has 0 unspecified atom stereocenters. The summed E-state index contributed by atoms with van der Waals surface area (Å²) in [4.78, 5) is 14.4. The van der Waals surface area contributed by atoms with E-state index in [1.807, 2.05) is 0 Å². The van der Waals surface area contributed by atoms with Crippen LogP contribution in [0.4, 0.5) is 24.5 Å². The predicted octanol–water partition coefficient (Wildman–Crippen LogP) is 3.18. The number of nitrogens with one attached hydrogen (secondary N) is 2. The number of amides is 1. The highest BCUT2D eigenvalue weighted by Gasteiger charge is 2.32. The van der Waals surface area contributed by atoms with Crippen LogP contribution in [0.25, 0.3) is 0 Å². The van der Waals surface area contributed by atoms with Crippen LogP contribution >= 0.6 is 0 Å². The van der Waals surface area contributed by atoms with Crippen molar-refractivity contribution >= 4 is 17.3 Å². The molecule has 20 heavy (non-hydrogen) atoms. The fraction of sp³-hybridized carbons (Fsp3) is 0.154. The Bertz CT molecular complexity index is 647. The number of aromatic amines is 1. The van der Waals surface area contributed by atoms with E-state index in [1.165, 1.54) is 31.3 Å². The summed E-state index contributed by atoms with van der Waals surface area (Å²) >= 11 is 0. The summed E-state index contributed by atoms with van der Waals surface area (Å²) in [6, 6.07) is 5.02. The van der Waals surface area contributed by atoms with E-state index in [4.69, 9.17) is 5.73 Å². The smallest absolute Gasteiger partial charge is 0.397 e. The molecule has 2 aromatic rings. The second kappa shape index (κ2) is 4.92. The average molecular weight is 283 g/mol. The standard InChI is InChI=1S/C13H12F3N3O/c1-7-2-3-9(5-10(7)13(14,15)16)19-12(20)11-4-8(17)6-18-11/h2-6,18H,17H2,1H3,(H,19,20). The van der Waals surface area contributed by atoms with Crippen molar-refractivity contribution < 1.29 is 18.0 Å². The van der Waals surface area contributed by atoms with Gasteiger partial charge >= 0.3 is 6.18 Å². The predicted molar refractivity (Wildman–Crippen MR) is 69.3 cm³/mol. The van der Waals surface area contributed by atoms with Gasteiger partial charge in [0.1, 0.15) is 5.69 Å². The minimum absolute atomic E-state index is 0.0705. The van der Waals surface area contributed by atoms with Gasteiger partial charge in [-0.3, -0.25) is 4.79 Å². The van der Waals surface area contributed by atoms with Crippen LogP contribution in [0.2, 0.25) is 0 Å². The maximum atomic E-state index is 12.8. The second-order valence-electron chi connectivity index (χ2n) is 4.33. The van der Waals surface area contributed by atoms with Gasteiger partial charge in [-0.2, -0.15) is 13.2 Å². The molecule has 4 nitrogen and oxygen atoms in total. The molecule has 1 heterocycles. The van der Waals surface area contributed by atoms with Crippen LogP contribution in [0.5, 0.6) is 0 Å². The van der Waals surface area contributed by atoms with E-state index in [9.17, 15) is 18.0 Å². The molecule has 0 aliphatic heterocycles. The number of nitrogens with two attached hydrogens (primary N) is 1. The van der Waals surface area contributed by atoms with Gasteiger partial charge in [-0.25, -0.2) is 0 Å². The Morgan fingerprint density at radius 3 is 2.55 bits per heavy atom. The van der Waals surface area contributed by atoms with E-state index in [1.54, 1.807) is 0 Å². The van der Waals surface area contributed by atoms with Gasteiger partial charge in [0.15, 0.2) is 0 Å². The molecular weight excluding hydrogens is 271 g/mol. The monoisotopic (exact) mass is 283 g/mol. The van der Waals surface area contributed by atoms with Gasteiger partial charge in [0.25, 0.3) is 5.91 Å². The molecule has 0 atom stereocenters. The van der Waals surface area contributed by atoms with Gasteiger partial charge in [0, 0.05) is 17.6 Å². The first-order valence-electron chi connectivity index (χ1n) is 5.70. The Balaban J connectivity index is 2.24. The Labute approximate surface area is 112 Å². The maximum absolute atomic E-state index is 12.8.